The summed E-state index contributed by atoms with van der Waals surface area (Å²) in [5.74, 6) is -0.543. The van der Waals surface area contributed by atoms with Crippen LogP contribution in [-0.2, 0) is 9.59 Å². The number of rotatable bonds is 7. The Labute approximate surface area is 126 Å². The molecule has 0 unspecified atom stereocenters. The van der Waals surface area contributed by atoms with E-state index in [2.05, 4.69) is 21.2 Å². The monoisotopic (exact) mass is 340 g/mol. The zero-order chi connectivity index (χ0) is 14.5. The second-order valence-electron chi connectivity index (χ2n) is 5.07. The van der Waals surface area contributed by atoms with Crippen molar-refractivity contribution in [3.8, 4) is 0 Å². The number of carbonyl (C=O) groups is 2. The van der Waals surface area contributed by atoms with Crippen LogP contribution >= 0.6 is 15.9 Å². The lowest BCUT2D eigenvalue weighted by Gasteiger charge is -2.19. The van der Waals surface area contributed by atoms with Crippen LogP contribution in [0, 0.1) is 5.92 Å². The van der Waals surface area contributed by atoms with Gasteiger partial charge in [-0.1, -0.05) is 22.0 Å². The Bertz CT molecular complexity index is 503. The van der Waals surface area contributed by atoms with Crippen molar-refractivity contribution in [3.63, 3.8) is 0 Å². The van der Waals surface area contributed by atoms with Gasteiger partial charge in [-0.15, -0.1) is 0 Å². The SMILES string of the molecule is O=C(O)CN(CC(=O)Nc1cccc(Br)c1)CC1CC1. The number of nitrogens with zero attached hydrogens (tertiary/aromatic N) is 1. The molecule has 0 saturated heterocycles. The molecule has 0 spiro atoms. The summed E-state index contributed by atoms with van der Waals surface area (Å²) in [6.07, 6.45) is 2.26. The Morgan fingerprint density at radius 2 is 2.10 bits per heavy atom. The molecule has 0 aromatic heterocycles. The van der Waals surface area contributed by atoms with Crippen LogP contribution in [0.25, 0.3) is 0 Å². The van der Waals surface area contributed by atoms with Crippen LogP contribution in [0.1, 0.15) is 12.8 Å². The first kappa shape index (κ1) is 15.0. The van der Waals surface area contributed by atoms with Gasteiger partial charge in [0.1, 0.15) is 0 Å². The van der Waals surface area contributed by atoms with Gasteiger partial charge in [-0.2, -0.15) is 0 Å². The first-order chi connectivity index (χ1) is 9.52. The van der Waals surface area contributed by atoms with E-state index in [0.29, 0.717) is 18.2 Å². The smallest absolute Gasteiger partial charge is 0.317 e. The van der Waals surface area contributed by atoms with Gasteiger partial charge in [-0.05, 0) is 37.0 Å². The average molecular weight is 341 g/mol. The van der Waals surface area contributed by atoms with Crippen LogP contribution < -0.4 is 5.32 Å². The van der Waals surface area contributed by atoms with Gasteiger partial charge in [0.15, 0.2) is 0 Å². The molecular weight excluding hydrogens is 324 g/mol. The van der Waals surface area contributed by atoms with Crippen molar-refractivity contribution in [1.29, 1.82) is 0 Å². The summed E-state index contributed by atoms with van der Waals surface area (Å²) < 4.78 is 0.885. The van der Waals surface area contributed by atoms with Crippen LogP contribution in [0.5, 0.6) is 0 Å². The third-order valence-electron chi connectivity index (χ3n) is 3.05. The molecule has 6 heteroatoms. The molecule has 0 bridgehead atoms. The largest absolute Gasteiger partial charge is 0.480 e. The number of carboxylic acids is 1. The molecule has 0 heterocycles. The summed E-state index contributed by atoms with van der Waals surface area (Å²) in [5, 5.41) is 11.7. The quantitative estimate of drug-likeness (QED) is 0.798. The van der Waals surface area contributed by atoms with Gasteiger partial charge in [-0.3, -0.25) is 14.5 Å². The zero-order valence-corrected chi connectivity index (χ0v) is 12.6. The highest BCUT2D eigenvalue weighted by molar-refractivity contribution is 9.10. The minimum Gasteiger partial charge on any atom is -0.480 e. The van der Waals surface area contributed by atoms with Crippen molar-refractivity contribution in [2.45, 2.75) is 12.8 Å². The van der Waals surface area contributed by atoms with Crippen molar-refractivity contribution >= 4 is 33.5 Å². The zero-order valence-electron chi connectivity index (χ0n) is 11.0. The van der Waals surface area contributed by atoms with E-state index in [-0.39, 0.29) is 19.0 Å². The maximum absolute atomic E-state index is 12.0. The number of halogens is 1. The van der Waals surface area contributed by atoms with Crippen LogP contribution in [0.4, 0.5) is 5.69 Å². The van der Waals surface area contributed by atoms with Gasteiger partial charge >= 0.3 is 5.97 Å². The summed E-state index contributed by atoms with van der Waals surface area (Å²) in [6.45, 7) is 0.690. The highest BCUT2D eigenvalue weighted by Crippen LogP contribution is 2.29. The number of aliphatic carboxylic acids is 1. The molecule has 20 heavy (non-hydrogen) atoms. The number of hydrogen-bond donors (Lipinski definition) is 2. The maximum Gasteiger partial charge on any atom is 0.317 e. The minimum absolute atomic E-state index is 0.0948. The molecule has 2 rings (SSSR count). The Kier molecular flexibility index (Phi) is 5.14. The normalized spacial score (nSPS) is 14.3. The molecule has 108 valence electrons. The molecule has 1 aromatic carbocycles. The van der Waals surface area contributed by atoms with E-state index in [1.165, 1.54) is 0 Å². The van der Waals surface area contributed by atoms with E-state index in [1.54, 1.807) is 17.0 Å². The summed E-state index contributed by atoms with van der Waals surface area (Å²) in [7, 11) is 0. The standard InChI is InChI=1S/C14H17BrN2O3/c15-11-2-1-3-12(6-11)16-13(18)8-17(9-14(19)20)7-10-4-5-10/h1-3,6,10H,4-5,7-9H2,(H,16,18)(H,19,20). The Morgan fingerprint density at radius 3 is 2.70 bits per heavy atom. The van der Waals surface area contributed by atoms with Gasteiger partial charge in [0, 0.05) is 16.7 Å². The molecule has 1 aliphatic carbocycles. The van der Waals surface area contributed by atoms with Gasteiger partial charge in [0.05, 0.1) is 13.1 Å². The molecule has 1 fully saturated rings. The van der Waals surface area contributed by atoms with Crippen LogP contribution in [-0.4, -0.2) is 41.5 Å². The first-order valence-electron chi connectivity index (χ1n) is 6.52. The van der Waals surface area contributed by atoms with Gasteiger partial charge in [0.25, 0.3) is 0 Å². The lowest BCUT2D eigenvalue weighted by molar-refractivity contribution is -0.138. The molecule has 0 atom stereocenters. The Balaban J connectivity index is 1.88. The molecule has 5 nitrogen and oxygen atoms in total. The molecule has 1 saturated carbocycles. The second kappa shape index (κ2) is 6.85. The topological polar surface area (TPSA) is 69.6 Å². The Hall–Kier alpha value is -1.40. The van der Waals surface area contributed by atoms with Crippen molar-refractivity contribution < 1.29 is 14.7 Å². The molecule has 1 aromatic rings. The number of nitrogens with one attached hydrogen (secondary N) is 1. The van der Waals surface area contributed by atoms with E-state index < -0.39 is 5.97 Å². The number of carbonyl (C=O) groups excluding carboxylic acids is 1. The Morgan fingerprint density at radius 1 is 1.35 bits per heavy atom. The fourth-order valence-electron chi connectivity index (χ4n) is 2.01. The highest BCUT2D eigenvalue weighted by atomic mass is 79.9. The van der Waals surface area contributed by atoms with Crippen molar-refractivity contribution in [1.82, 2.24) is 4.90 Å². The fourth-order valence-corrected chi connectivity index (χ4v) is 2.41. The van der Waals surface area contributed by atoms with E-state index in [1.807, 2.05) is 12.1 Å². The molecule has 0 radical (unpaired) electrons. The maximum atomic E-state index is 12.0. The van der Waals surface area contributed by atoms with E-state index in [9.17, 15) is 9.59 Å². The molecule has 2 N–H and O–H groups in total. The van der Waals surface area contributed by atoms with Crippen molar-refractivity contribution in [2.24, 2.45) is 5.92 Å². The average Bonchev–Trinajstić information content (AvgIpc) is 3.11. The van der Waals surface area contributed by atoms with Gasteiger partial charge in [-0.25, -0.2) is 0 Å². The predicted molar refractivity (Wildman–Crippen MR) is 79.6 cm³/mol. The van der Waals surface area contributed by atoms with Crippen LogP contribution in [0.3, 0.4) is 0 Å². The summed E-state index contributed by atoms with van der Waals surface area (Å²) in [5.41, 5.74) is 0.700. The number of amides is 1. The fraction of sp³-hybridized carbons (Fsp3) is 0.429. The number of carboxylic acid groups (broad SMARTS) is 1. The van der Waals surface area contributed by atoms with Crippen molar-refractivity contribution in [2.75, 3.05) is 25.0 Å². The molecule has 0 aliphatic heterocycles. The van der Waals surface area contributed by atoms with E-state index in [4.69, 9.17) is 5.11 Å². The second-order valence-corrected chi connectivity index (χ2v) is 5.98. The molecular formula is C14H17BrN2O3. The number of benzene rings is 1. The predicted octanol–water partition coefficient (Wildman–Crippen LogP) is 2.18. The highest BCUT2D eigenvalue weighted by Gasteiger charge is 2.26. The number of anilines is 1. The first-order valence-corrected chi connectivity index (χ1v) is 7.32. The molecule has 1 aliphatic rings. The number of hydrogen-bond acceptors (Lipinski definition) is 3. The lowest BCUT2D eigenvalue weighted by atomic mass is 10.3. The lowest BCUT2D eigenvalue weighted by Crippen LogP contribution is -2.38. The van der Waals surface area contributed by atoms with Gasteiger partial charge in [0.2, 0.25) is 5.91 Å². The minimum atomic E-state index is -0.902. The van der Waals surface area contributed by atoms with E-state index in [0.717, 1.165) is 17.3 Å². The van der Waals surface area contributed by atoms with E-state index >= 15 is 0 Å². The van der Waals surface area contributed by atoms with Crippen LogP contribution in [0.15, 0.2) is 28.7 Å². The van der Waals surface area contributed by atoms with Crippen molar-refractivity contribution in [3.05, 3.63) is 28.7 Å². The van der Waals surface area contributed by atoms with Crippen LogP contribution in [0.2, 0.25) is 0 Å². The molecule has 1 amide bonds. The summed E-state index contributed by atoms with van der Waals surface area (Å²) in [4.78, 5) is 24.5. The summed E-state index contributed by atoms with van der Waals surface area (Å²) >= 11 is 3.34. The summed E-state index contributed by atoms with van der Waals surface area (Å²) in [6, 6.07) is 7.31. The third kappa shape index (κ3) is 5.30. The van der Waals surface area contributed by atoms with Gasteiger partial charge < -0.3 is 10.4 Å². The third-order valence-corrected chi connectivity index (χ3v) is 3.54.